The van der Waals surface area contributed by atoms with Gasteiger partial charge in [0.25, 0.3) is 0 Å². The minimum absolute atomic E-state index is 0.171. The molecule has 1 atom stereocenters. The number of pyridine rings is 1. The van der Waals surface area contributed by atoms with Crippen LogP contribution in [0.1, 0.15) is 18.2 Å². The summed E-state index contributed by atoms with van der Waals surface area (Å²) >= 11 is 0. The number of hydrogen-bond donors (Lipinski definition) is 2. The molecule has 14 heavy (non-hydrogen) atoms. The molecule has 0 saturated heterocycles. The molecule has 0 radical (unpaired) electrons. The number of aromatic nitrogens is 1. The zero-order chi connectivity index (χ0) is 10.4. The maximum atomic E-state index is 10.5. The van der Waals surface area contributed by atoms with Gasteiger partial charge in [-0.1, -0.05) is 6.07 Å². The zero-order valence-electron chi connectivity index (χ0n) is 7.38. The van der Waals surface area contributed by atoms with Crippen LogP contribution in [0.3, 0.4) is 0 Å². The Morgan fingerprint density at radius 3 is 2.93 bits per heavy atom. The van der Waals surface area contributed by atoms with Crippen molar-refractivity contribution in [1.82, 2.24) is 10.3 Å². The maximum Gasteiger partial charge on any atom is 0.305 e. The minimum atomic E-state index is -0.977. The second-order valence-electron chi connectivity index (χ2n) is 2.69. The molecule has 0 aliphatic heterocycles. The molecule has 1 aromatic rings. The van der Waals surface area contributed by atoms with Gasteiger partial charge in [0, 0.05) is 6.20 Å². The van der Waals surface area contributed by atoms with E-state index in [-0.39, 0.29) is 6.42 Å². The van der Waals surface area contributed by atoms with Gasteiger partial charge in [0.15, 0.2) is 0 Å². The van der Waals surface area contributed by atoms with Crippen molar-refractivity contribution in [3.8, 4) is 0 Å². The Morgan fingerprint density at radius 1 is 1.64 bits per heavy atom. The van der Waals surface area contributed by atoms with Crippen molar-refractivity contribution in [3.63, 3.8) is 0 Å². The second kappa shape index (κ2) is 4.96. The first-order valence-electron chi connectivity index (χ1n) is 4.06. The minimum Gasteiger partial charge on any atom is -0.481 e. The van der Waals surface area contributed by atoms with Crippen LogP contribution in [0.25, 0.3) is 0 Å². The Bertz CT molecular complexity index is 313. The summed E-state index contributed by atoms with van der Waals surface area (Å²) in [5, 5.41) is 11.0. The Labute approximate surface area is 80.8 Å². The van der Waals surface area contributed by atoms with Gasteiger partial charge in [0.05, 0.1) is 18.2 Å². The quantitative estimate of drug-likeness (QED) is 0.662. The van der Waals surface area contributed by atoms with Gasteiger partial charge in [-0.25, -0.2) is 0 Å². The summed E-state index contributed by atoms with van der Waals surface area (Å²) in [5.74, 6) is -0.977. The topological polar surface area (TPSA) is 79.3 Å². The Morgan fingerprint density at radius 2 is 2.43 bits per heavy atom. The fraction of sp³-hybridized carbons (Fsp3) is 0.222. The van der Waals surface area contributed by atoms with Crippen molar-refractivity contribution in [2.75, 3.05) is 0 Å². The summed E-state index contributed by atoms with van der Waals surface area (Å²) in [7, 11) is 0. The number of rotatable bonds is 5. The highest BCUT2D eigenvalue weighted by molar-refractivity contribution is 5.68. The summed E-state index contributed by atoms with van der Waals surface area (Å²) in [6.45, 7) is 0. The molecule has 0 aromatic carbocycles. The van der Waals surface area contributed by atoms with Gasteiger partial charge in [-0.05, 0) is 12.1 Å². The van der Waals surface area contributed by atoms with Gasteiger partial charge < -0.3 is 10.4 Å². The van der Waals surface area contributed by atoms with Crippen molar-refractivity contribution >= 4 is 12.4 Å². The number of carboxylic acid groups (broad SMARTS) is 1. The predicted octanol–water partition coefficient (Wildman–Crippen LogP) is 0.343. The van der Waals surface area contributed by atoms with Crippen molar-refractivity contribution in [2.45, 2.75) is 12.5 Å². The normalized spacial score (nSPS) is 11.7. The van der Waals surface area contributed by atoms with Crippen molar-refractivity contribution in [1.29, 1.82) is 0 Å². The summed E-state index contributed by atoms with van der Waals surface area (Å²) in [4.78, 5) is 24.7. The molecule has 0 bridgehead atoms. The van der Waals surface area contributed by atoms with E-state index in [1.54, 1.807) is 24.4 Å². The molecule has 0 fully saturated rings. The number of carbonyl (C=O) groups excluding carboxylic acids is 1. The lowest BCUT2D eigenvalue weighted by atomic mass is 10.1. The highest BCUT2D eigenvalue weighted by Crippen LogP contribution is 2.12. The van der Waals surface area contributed by atoms with Gasteiger partial charge >= 0.3 is 5.97 Å². The molecule has 5 heteroatoms. The molecular weight excluding hydrogens is 184 g/mol. The molecule has 1 amide bonds. The molecule has 0 spiro atoms. The first kappa shape index (κ1) is 10.2. The maximum absolute atomic E-state index is 10.5. The average Bonchev–Trinajstić information content (AvgIpc) is 2.18. The fourth-order valence-electron chi connectivity index (χ4n) is 1.09. The van der Waals surface area contributed by atoms with E-state index in [0.717, 1.165) is 0 Å². The SMILES string of the molecule is O=CNC(CC(=O)O)c1ccccn1. The summed E-state index contributed by atoms with van der Waals surface area (Å²) in [6.07, 6.45) is 1.86. The van der Waals surface area contributed by atoms with Crippen LogP contribution in [0.2, 0.25) is 0 Å². The smallest absolute Gasteiger partial charge is 0.305 e. The van der Waals surface area contributed by atoms with E-state index in [0.29, 0.717) is 12.1 Å². The van der Waals surface area contributed by atoms with Crippen LogP contribution in [-0.4, -0.2) is 22.5 Å². The first-order valence-corrected chi connectivity index (χ1v) is 4.06. The number of nitrogens with zero attached hydrogens (tertiary/aromatic N) is 1. The van der Waals surface area contributed by atoms with Gasteiger partial charge in [-0.15, -0.1) is 0 Å². The van der Waals surface area contributed by atoms with E-state index < -0.39 is 12.0 Å². The Balaban J connectivity index is 2.77. The molecule has 74 valence electrons. The van der Waals surface area contributed by atoms with Crippen LogP contribution in [0, 0.1) is 0 Å². The second-order valence-corrected chi connectivity index (χ2v) is 2.69. The van der Waals surface area contributed by atoms with Gasteiger partial charge in [-0.2, -0.15) is 0 Å². The Hall–Kier alpha value is -1.91. The molecule has 1 heterocycles. The Kier molecular flexibility index (Phi) is 3.60. The standard InChI is InChI=1S/C9H10N2O3/c12-6-11-8(5-9(13)14)7-3-1-2-4-10-7/h1-4,6,8H,5H2,(H,11,12)(H,13,14). The summed E-state index contributed by atoms with van der Waals surface area (Å²) < 4.78 is 0. The highest BCUT2D eigenvalue weighted by Gasteiger charge is 2.14. The van der Waals surface area contributed by atoms with E-state index in [4.69, 9.17) is 5.11 Å². The van der Waals surface area contributed by atoms with Crippen LogP contribution in [0.15, 0.2) is 24.4 Å². The van der Waals surface area contributed by atoms with Gasteiger partial charge in [0.1, 0.15) is 0 Å². The number of carbonyl (C=O) groups is 2. The van der Waals surface area contributed by atoms with E-state index >= 15 is 0 Å². The number of amides is 1. The highest BCUT2D eigenvalue weighted by atomic mass is 16.4. The van der Waals surface area contributed by atoms with Crippen LogP contribution in [0.5, 0.6) is 0 Å². The predicted molar refractivity (Wildman–Crippen MR) is 48.4 cm³/mol. The molecule has 0 saturated carbocycles. The van der Waals surface area contributed by atoms with Gasteiger partial charge in [-0.3, -0.25) is 14.6 Å². The summed E-state index contributed by atoms with van der Waals surface area (Å²) in [5.41, 5.74) is 0.544. The van der Waals surface area contributed by atoms with Crippen molar-refractivity contribution < 1.29 is 14.7 Å². The number of hydrogen-bond acceptors (Lipinski definition) is 3. The third-order valence-electron chi connectivity index (χ3n) is 1.69. The number of nitrogens with one attached hydrogen (secondary N) is 1. The van der Waals surface area contributed by atoms with E-state index in [1.807, 2.05) is 0 Å². The van der Waals surface area contributed by atoms with Crippen LogP contribution < -0.4 is 5.32 Å². The number of aliphatic carboxylic acids is 1. The van der Waals surface area contributed by atoms with E-state index in [2.05, 4.69) is 10.3 Å². The van der Waals surface area contributed by atoms with Gasteiger partial charge in [0.2, 0.25) is 6.41 Å². The van der Waals surface area contributed by atoms with E-state index in [9.17, 15) is 9.59 Å². The molecule has 2 N–H and O–H groups in total. The lowest BCUT2D eigenvalue weighted by Crippen LogP contribution is -2.23. The first-order chi connectivity index (χ1) is 6.74. The van der Waals surface area contributed by atoms with Crippen molar-refractivity contribution in [3.05, 3.63) is 30.1 Å². The fourth-order valence-corrected chi connectivity index (χ4v) is 1.09. The zero-order valence-corrected chi connectivity index (χ0v) is 7.38. The van der Waals surface area contributed by atoms with Crippen molar-refractivity contribution in [2.24, 2.45) is 0 Å². The van der Waals surface area contributed by atoms with Crippen LogP contribution in [0.4, 0.5) is 0 Å². The average molecular weight is 194 g/mol. The monoisotopic (exact) mass is 194 g/mol. The number of carboxylic acids is 1. The third-order valence-corrected chi connectivity index (χ3v) is 1.69. The van der Waals surface area contributed by atoms with E-state index in [1.165, 1.54) is 0 Å². The molecule has 1 unspecified atom stereocenters. The molecule has 0 aliphatic carbocycles. The lowest BCUT2D eigenvalue weighted by molar-refractivity contribution is -0.137. The molecule has 0 aliphatic rings. The third kappa shape index (κ3) is 2.85. The molecule has 1 aromatic heterocycles. The molecule has 5 nitrogen and oxygen atoms in total. The molecule has 1 rings (SSSR count). The van der Waals surface area contributed by atoms with Crippen LogP contribution >= 0.6 is 0 Å². The lowest BCUT2D eigenvalue weighted by Gasteiger charge is -2.12. The van der Waals surface area contributed by atoms with Crippen LogP contribution in [-0.2, 0) is 9.59 Å². The largest absolute Gasteiger partial charge is 0.481 e. The molecular formula is C9H10N2O3. The summed E-state index contributed by atoms with van der Waals surface area (Å²) in [6, 6.07) is 4.57.